The molecule has 10 heteroatoms. The van der Waals surface area contributed by atoms with Gasteiger partial charge in [0.1, 0.15) is 0 Å². The molecule has 30 heavy (non-hydrogen) atoms. The molecule has 2 aromatic rings. The number of hydrogen-bond acceptors (Lipinski definition) is 5. The Morgan fingerprint density at radius 1 is 0.900 bits per heavy atom. The fourth-order valence-electron chi connectivity index (χ4n) is 2.27. The fourth-order valence-corrected chi connectivity index (χ4v) is 3.00. The van der Waals surface area contributed by atoms with Crippen LogP contribution in [0.4, 0.5) is 17.1 Å². The van der Waals surface area contributed by atoms with E-state index in [1.807, 2.05) is 0 Å². The highest BCUT2D eigenvalue weighted by atomic mass is 79.9. The van der Waals surface area contributed by atoms with E-state index in [9.17, 15) is 19.2 Å². The molecular formula is C20H19BrClN3O5. The van der Waals surface area contributed by atoms with Crippen LogP contribution in [-0.4, -0.2) is 30.3 Å². The predicted molar refractivity (Wildman–Crippen MR) is 117 cm³/mol. The van der Waals surface area contributed by atoms with Crippen LogP contribution < -0.4 is 16.0 Å². The Morgan fingerprint density at radius 3 is 2.13 bits per heavy atom. The summed E-state index contributed by atoms with van der Waals surface area (Å²) in [5, 5.41) is 8.11. The van der Waals surface area contributed by atoms with E-state index in [2.05, 4.69) is 31.9 Å². The molecule has 0 bridgehead atoms. The molecule has 0 aromatic heterocycles. The minimum atomic E-state index is -0.678. The van der Waals surface area contributed by atoms with Crippen LogP contribution in [0.25, 0.3) is 0 Å². The van der Waals surface area contributed by atoms with Crippen LogP contribution in [0.3, 0.4) is 0 Å². The van der Waals surface area contributed by atoms with Crippen molar-refractivity contribution in [3.8, 4) is 0 Å². The summed E-state index contributed by atoms with van der Waals surface area (Å²) in [6.45, 7) is 0.909. The number of esters is 1. The van der Waals surface area contributed by atoms with E-state index in [1.54, 1.807) is 42.5 Å². The predicted octanol–water partition coefficient (Wildman–Crippen LogP) is 3.96. The summed E-state index contributed by atoms with van der Waals surface area (Å²) in [5.41, 5.74) is 1.52. The Kier molecular flexibility index (Phi) is 8.82. The number of hydrogen-bond donors (Lipinski definition) is 3. The summed E-state index contributed by atoms with van der Waals surface area (Å²) in [6.07, 6.45) is -0.283. The molecule has 8 nitrogen and oxygen atoms in total. The number of anilines is 3. The highest BCUT2D eigenvalue weighted by Crippen LogP contribution is 2.25. The van der Waals surface area contributed by atoms with Gasteiger partial charge in [0.05, 0.1) is 17.1 Å². The average Bonchev–Trinajstić information content (AvgIpc) is 2.68. The molecule has 0 unspecified atom stereocenters. The third-order valence-corrected chi connectivity index (χ3v) is 4.42. The third kappa shape index (κ3) is 8.22. The maximum absolute atomic E-state index is 11.9. The van der Waals surface area contributed by atoms with Gasteiger partial charge in [-0.15, -0.1) is 0 Å². The zero-order valence-corrected chi connectivity index (χ0v) is 18.3. The molecule has 0 saturated carbocycles. The number of halogens is 2. The Hall–Kier alpha value is -2.91. The second-order valence-corrected chi connectivity index (χ2v) is 7.46. The number of ether oxygens (including phenoxy) is 1. The maximum Gasteiger partial charge on any atom is 0.306 e. The van der Waals surface area contributed by atoms with Gasteiger partial charge < -0.3 is 20.7 Å². The van der Waals surface area contributed by atoms with E-state index in [0.717, 1.165) is 4.47 Å². The van der Waals surface area contributed by atoms with Crippen molar-refractivity contribution in [1.82, 2.24) is 0 Å². The van der Waals surface area contributed by atoms with Crippen molar-refractivity contribution in [3.05, 3.63) is 52.0 Å². The quantitative estimate of drug-likeness (QED) is 0.479. The van der Waals surface area contributed by atoms with E-state index in [1.165, 1.54) is 6.92 Å². The molecule has 3 N–H and O–H groups in total. The summed E-state index contributed by atoms with van der Waals surface area (Å²) < 4.78 is 5.63. The van der Waals surface area contributed by atoms with Crippen molar-refractivity contribution < 1.29 is 23.9 Å². The number of rotatable bonds is 8. The number of nitrogens with one attached hydrogen (secondary N) is 3. The second kappa shape index (κ2) is 11.3. The lowest BCUT2D eigenvalue weighted by Crippen LogP contribution is -2.22. The Balaban J connectivity index is 1.70. The summed E-state index contributed by atoms with van der Waals surface area (Å²) in [6, 6.07) is 11.5. The van der Waals surface area contributed by atoms with Gasteiger partial charge >= 0.3 is 5.97 Å². The standard InChI is InChI=1S/C20H19BrClN3O5/c1-12(26)23-14-3-5-15(6-4-14)24-18(27)8-9-20(29)30-11-19(28)25-17-7-2-13(21)10-16(17)22/h2-7,10H,8-9,11H2,1H3,(H,23,26)(H,24,27)(H,25,28). The van der Waals surface area contributed by atoms with Crippen LogP contribution in [0.2, 0.25) is 5.02 Å². The first-order chi connectivity index (χ1) is 14.2. The highest BCUT2D eigenvalue weighted by molar-refractivity contribution is 9.10. The smallest absolute Gasteiger partial charge is 0.306 e. The molecule has 2 aromatic carbocycles. The summed E-state index contributed by atoms with van der Waals surface area (Å²) in [5.74, 6) is -1.80. The lowest BCUT2D eigenvalue weighted by molar-refractivity contribution is -0.147. The monoisotopic (exact) mass is 495 g/mol. The lowest BCUT2D eigenvalue weighted by atomic mass is 10.2. The molecule has 0 spiro atoms. The number of amides is 3. The zero-order valence-electron chi connectivity index (χ0n) is 16.0. The molecule has 3 amide bonds. The summed E-state index contributed by atoms with van der Waals surface area (Å²) in [4.78, 5) is 46.5. The van der Waals surface area contributed by atoms with Crippen LogP contribution in [-0.2, 0) is 23.9 Å². The van der Waals surface area contributed by atoms with E-state index in [4.69, 9.17) is 16.3 Å². The van der Waals surface area contributed by atoms with Crippen molar-refractivity contribution in [2.24, 2.45) is 0 Å². The first-order valence-electron chi connectivity index (χ1n) is 8.81. The van der Waals surface area contributed by atoms with Crippen molar-refractivity contribution in [1.29, 1.82) is 0 Å². The van der Waals surface area contributed by atoms with Gasteiger partial charge in [-0.2, -0.15) is 0 Å². The molecule has 0 heterocycles. The van der Waals surface area contributed by atoms with Gasteiger partial charge in [-0.3, -0.25) is 19.2 Å². The Bertz CT molecular complexity index is 950. The normalized spacial score (nSPS) is 10.1. The van der Waals surface area contributed by atoms with Crippen LogP contribution >= 0.6 is 27.5 Å². The van der Waals surface area contributed by atoms with Gasteiger partial charge in [-0.1, -0.05) is 27.5 Å². The van der Waals surface area contributed by atoms with E-state index in [0.29, 0.717) is 22.1 Å². The van der Waals surface area contributed by atoms with Gasteiger partial charge in [0, 0.05) is 29.2 Å². The van der Waals surface area contributed by atoms with Crippen LogP contribution in [0.15, 0.2) is 46.9 Å². The molecule has 0 aliphatic heterocycles. The average molecular weight is 497 g/mol. The van der Waals surface area contributed by atoms with E-state index in [-0.39, 0.29) is 24.7 Å². The molecule has 158 valence electrons. The molecule has 0 atom stereocenters. The number of benzene rings is 2. The topological polar surface area (TPSA) is 114 Å². The van der Waals surface area contributed by atoms with Crippen molar-refractivity contribution in [2.75, 3.05) is 22.6 Å². The van der Waals surface area contributed by atoms with Crippen LogP contribution in [0, 0.1) is 0 Å². The van der Waals surface area contributed by atoms with Crippen LogP contribution in [0.1, 0.15) is 19.8 Å². The van der Waals surface area contributed by atoms with Gasteiger partial charge in [0.25, 0.3) is 5.91 Å². The van der Waals surface area contributed by atoms with Crippen molar-refractivity contribution in [2.45, 2.75) is 19.8 Å². The van der Waals surface area contributed by atoms with Crippen LogP contribution in [0.5, 0.6) is 0 Å². The molecule has 0 aliphatic rings. The highest BCUT2D eigenvalue weighted by Gasteiger charge is 2.12. The SMILES string of the molecule is CC(=O)Nc1ccc(NC(=O)CCC(=O)OCC(=O)Nc2ccc(Br)cc2Cl)cc1. The third-order valence-electron chi connectivity index (χ3n) is 3.61. The Labute approximate surface area is 186 Å². The molecule has 0 saturated heterocycles. The van der Waals surface area contributed by atoms with Gasteiger partial charge in [0.2, 0.25) is 11.8 Å². The van der Waals surface area contributed by atoms with Crippen molar-refractivity contribution in [3.63, 3.8) is 0 Å². The van der Waals surface area contributed by atoms with Gasteiger partial charge in [0.15, 0.2) is 6.61 Å². The Morgan fingerprint density at radius 2 is 1.53 bits per heavy atom. The minimum absolute atomic E-state index is 0.105. The molecule has 2 rings (SSSR count). The number of carbonyl (C=O) groups is 4. The molecule has 0 fully saturated rings. The zero-order chi connectivity index (χ0) is 22.1. The maximum atomic E-state index is 11.9. The van der Waals surface area contributed by atoms with Gasteiger partial charge in [-0.25, -0.2) is 0 Å². The van der Waals surface area contributed by atoms with E-state index >= 15 is 0 Å². The largest absolute Gasteiger partial charge is 0.456 e. The first-order valence-corrected chi connectivity index (χ1v) is 9.98. The lowest BCUT2D eigenvalue weighted by Gasteiger charge is -2.09. The first kappa shape index (κ1) is 23.4. The molecular weight excluding hydrogens is 478 g/mol. The van der Waals surface area contributed by atoms with Gasteiger partial charge in [-0.05, 0) is 42.5 Å². The minimum Gasteiger partial charge on any atom is -0.456 e. The molecule has 0 radical (unpaired) electrons. The fraction of sp³-hybridized carbons (Fsp3) is 0.200. The number of carbonyl (C=O) groups excluding carboxylic acids is 4. The summed E-state index contributed by atoms with van der Waals surface area (Å²) in [7, 11) is 0. The molecule has 0 aliphatic carbocycles. The van der Waals surface area contributed by atoms with Crippen molar-refractivity contribution >= 4 is 68.3 Å². The van der Waals surface area contributed by atoms with E-state index < -0.39 is 18.5 Å². The second-order valence-electron chi connectivity index (χ2n) is 6.14. The summed E-state index contributed by atoms with van der Waals surface area (Å²) >= 11 is 9.26.